The fourth-order valence-electron chi connectivity index (χ4n) is 2.75. The molecule has 0 fully saturated rings. The van der Waals surface area contributed by atoms with Gasteiger partial charge in [-0.1, -0.05) is 29.8 Å². The second kappa shape index (κ2) is 10.9. The summed E-state index contributed by atoms with van der Waals surface area (Å²) in [6, 6.07) is 17.4. The summed E-state index contributed by atoms with van der Waals surface area (Å²) < 4.78 is 12.4. The van der Waals surface area contributed by atoms with Crippen molar-refractivity contribution in [1.29, 1.82) is 0 Å². The van der Waals surface area contributed by atoms with Gasteiger partial charge in [-0.2, -0.15) is 0 Å². The second-order valence-corrected chi connectivity index (χ2v) is 7.77. The molecule has 0 radical (unpaired) electrons. The minimum absolute atomic E-state index is 0.138. The molecule has 0 heterocycles. The Morgan fingerprint density at radius 2 is 1.87 bits per heavy atom. The number of hydrogen-bond donors (Lipinski definition) is 2. The monoisotopic (exact) mass is 501 g/mol. The van der Waals surface area contributed by atoms with Gasteiger partial charge in [0.05, 0.1) is 11.1 Å². The van der Waals surface area contributed by atoms with Gasteiger partial charge in [0.15, 0.2) is 11.5 Å². The van der Waals surface area contributed by atoms with E-state index < -0.39 is 0 Å². The molecule has 0 aromatic heterocycles. The number of carbonyl (C=O) groups excluding carboxylic acids is 1. The van der Waals surface area contributed by atoms with Crippen molar-refractivity contribution in [2.45, 2.75) is 13.5 Å². The number of amides is 1. The minimum atomic E-state index is -0.293. The van der Waals surface area contributed by atoms with Crippen molar-refractivity contribution >= 4 is 45.2 Å². The van der Waals surface area contributed by atoms with Gasteiger partial charge in [-0.3, -0.25) is 4.79 Å². The van der Waals surface area contributed by atoms with E-state index in [2.05, 4.69) is 21.2 Å². The van der Waals surface area contributed by atoms with Crippen LogP contribution in [0.3, 0.4) is 0 Å². The number of carbonyl (C=O) groups is 1. The summed E-state index contributed by atoms with van der Waals surface area (Å²) in [7, 11) is 0. The molecule has 5 nitrogen and oxygen atoms in total. The first-order valence-electron chi connectivity index (χ1n) is 9.57. The number of halogens is 2. The number of benzene rings is 3. The van der Waals surface area contributed by atoms with Crippen LogP contribution in [0.15, 0.2) is 71.2 Å². The van der Waals surface area contributed by atoms with Crippen molar-refractivity contribution in [2.24, 2.45) is 0 Å². The zero-order valence-corrected chi connectivity index (χ0v) is 19.1. The molecule has 0 unspecified atom stereocenters. The van der Waals surface area contributed by atoms with Gasteiger partial charge >= 0.3 is 0 Å². The zero-order chi connectivity index (χ0) is 22.2. The third-order valence-corrected chi connectivity index (χ3v) is 5.18. The Labute approximate surface area is 194 Å². The molecular formula is C24H21BrClNO4. The molecule has 31 heavy (non-hydrogen) atoms. The maximum Gasteiger partial charge on any atom is 0.248 e. The molecule has 3 aromatic carbocycles. The van der Waals surface area contributed by atoms with Gasteiger partial charge < -0.3 is 19.9 Å². The highest BCUT2D eigenvalue weighted by Gasteiger charge is 2.13. The van der Waals surface area contributed by atoms with Crippen molar-refractivity contribution in [3.63, 3.8) is 0 Å². The third kappa shape index (κ3) is 6.51. The van der Waals surface area contributed by atoms with E-state index in [-0.39, 0.29) is 11.7 Å². The maximum absolute atomic E-state index is 12.2. The molecule has 0 saturated carbocycles. The van der Waals surface area contributed by atoms with Crippen molar-refractivity contribution in [2.75, 3.05) is 11.9 Å². The van der Waals surface area contributed by atoms with Crippen LogP contribution in [0, 0.1) is 0 Å². The number of aromatic hydroxyl groups is 1. The van der Waals surface area contributed by atoms with E-state index in [1.54, 1.807) is 24.3 Å². The van der Waals surface area contributed by atoms with E-state index in [1.165, 1.54) is 18.2 Å². The number of nitrogens with one attached hydrogen (secondary N) is 1. The molecule has 3 aromatic rings. The fourth-order valence-corrected chi connectivity index (χ4v) is 3.52. The van der Waals surface area contributed by atoms with E-state index in [0.29, 0.717) is 39.9 Å². The van der Waals surface area contributed by atoms with Crippen LogP contribution >= 0.6 is 27.5 Å². The summed E-state index contributed by atoms with van der Waals surface area (Å²) in [5.41, 5.74) is 2.22. The Hall–Kier alpha value is -2.96. The maximum atomic E-state index is 12.2. The van der Waals surface area contributed by atoms with Crippen LogP contribution in [0.5, 0.6) is 17.2 Å². The molecule has 0 atom stereocenters. The number of phenolic OH excluding ortho intramolecular Hbond substituents is 1. The molecule has 0 spiro atoms. The van der Waals surface area contributed by atoms with Gasteiger partial charge in [0.25, 0.3) is 0 Å². The first kappa shape index (κ1) is 22.7. The summed E-state index contributed by atoms with van der Waals surface area (Å²) in [6.45, 7) is 2.64. The first-order valence-corrected chi connectivity index (χ1v) is 10.7. The lowest BCUT2D eigenvalue weighted by Crippen LogP contribution is -2.07. The normalized spacial score (nSPS) is 10.8. The van der Waals surface area contributed by atoms with Crippen molar-refractivity contribution in [1.82, 2.24) is 0 Å². The highest BCUT2D eigenvalue weighted by molar-refractivity contribution is 9.10. The largest absolute Gasteiger partial charge is 0.508 e. The SMILES string of the molecule is CCOc1cc(/C=C/C(=O)Nc2ccc(O)cc2)cc(Br)c1OCc1ccccc1Cl. The van der Waals surface area contributed by atoms with Crippen LogP contribution in [-0.2, 0) is 11.4 Å². The van der Waals surface area contributed by atoms with Crippen LogP contribution < -0.4 is 14.8 Å². The van der Waals surface area contributed by atoms with Crippen molar-refractivity contribution < 1.29 is 19.4 Å². The highest BCUT2D eigenvalue weighted by Crippen LogP contribution is 2.38. The molecule has 0 aliphatic rings. The number of ether oxygens (including phenoxy) is 2. The highest BCUT2D eigenvalue weighted by atomic mass is 79.9. The van der Waals surface area contributed by atoms with Gasteiger partial charge in [-0.15, -0.1) is 0 Å². The van der Waals surface area contributed by atoms with Gasteiger partial charge in [0, 0.05) is 22.3 Å². The summed E-state index contributed by atoms with van der Waals surface area (Å²) in [6.07, 6.45) is 3.11. The van der Waals surface area contributed by atoms with Crippen LogP contribution in [0.1, 0.15) is 18.1 Å². The van der Waals surface area contributed by atoms with Crippen LogP contribution in [0.25, 0.3) is 6.08 Å². The Bertz CT molecular complexity index is 1080. The minimum Gasteiger partial charge on any atom is -0.508 e. The lowest BCUT2D eigenvalue weighted by molar-refractivity contribution is -0.111. The number of rotatable bonds is 8. The number of hydrogen-bond acceptors (Lipinski definition) is 4. The van der Waals surface area contributed by atoms with Crippen LogP contribution in [0.2, 0.25) is 5.02 Å². The van der Waals surface area contributed by atoms with E-state index in [9.17, 15) is 9.90 Å². The van der Waals surface area contributed by atoms with Crippen LogP contribution in [0.4, 0.5) is 5.69 Å². The van der Waals surface area contributed by atoms with Gasteiger partial charge in [-0.05, 0) is 77.0 Å². The number of anilines is 1. The van der Waals surface area contributed by atoms with E-state index in [4.69, 9.17) is 21.1 Å². The first-order chi connectivity index (χ1) is 15.0. The predicted molar refractivity (Wildman–Crippen MR) is 127 cm³/mol. The quantitative estimate of drug-likeness (QED) is 0.275. The average molecular weight is 503 g/mol. The standard InChI is InChI=1S/C24H21BrClNO4/c1-2-30-22-14-16(7-12-23(29)27-18-8-10-19(28)11-9-18)13-20(25)24(22)31-15-17-5-3-4-6-21(17)26/h3-14,28H,2,15H2,1H3,(H,27,29)/b12-7+. The molecule has 3 rings (SSSR count). The molecule has 0 aliphatic carbocycles. The molecule has 0 saturated heterocycles. The van der Waals surface area contributed by atoms with E-state index in [1.807, 2.05) is 37.3 Å². The Morgan fingerprint density at radius 3 is 2.58 bits per heavy atom. The third-order valence-electron chi connectivity index (χ3n) is 4.22. The second-order valence-electron chi connectivity index (χ2n) is 6.51. The topological polar surface area (TPSA) is 67.8 Å². The van der Waals surface area contributed by atoms with Crippen molar-refractivity contribution in [3.05, 3.63) is 87.4 Å². The number of phenols is 1. The lowest BCUT2D eigenvalue weighted by atomic mass is 10.1. The predicted octanol–water partition coefficient (Wildman–Crippen LogP) is 6.44. The molecule has 160 valence electrons. The Morgan fingerprint density at radius 1 is 1.13 bits per heavy atom. The summed E-state index contributed by atoms with van der Waals surface area (Å²) in [4.78, 5) is 12.2. The summed E-state index contributed by atoms with van der Waals surface area (Å²) in [5.74, 6) is 0.965. The van der Waals surface area contributed by atoms with Gasteiger partial charge in [0.1, 0.15) is 12.4 Å². The zero-order valence-electron chi connectivity index (χ0n) is 16.8. The van der Waals surface area contributed by atoms with E-state index in [0.717, 1.165) is 11.1 Å². The Kier molecular flexibility index (Phi) is 7.98. The molecular weight excluding hydrogens is 482 g/mol. The van der Waals surface area contributed by atoms with Gasteiger partial charge in [0.2, 0.25) is 5.91 Å². The Balaban J connectivity index is 1.74. The average Bonchev–Trinajstić information content (AvgIpc) is 2.75. The molecule has 0 aliphatic heterocycles. The smallest absolute Gasteiger partial charge is 0.248 e. The fraction of sp³-hybridized carbons (Fsp3) is 0.125. The van der Waals surface area contributed by atoms with Crippen LogP contribution in [-0.4, -0.2) is 17.6 Å². The lowest BCUT2D eigenvalue weighted by Gasteiger charge is -2.15. The van der Waals surface area contributed by atoms with Crippen molar-refractivity contribution in [3.8, 4) is 17.2 Å². The molecule has 2 N–H and O–H groups in total. The molecule has 0 bridgehead atoms. The van der Waals surface area contributed by atoms with E-state index >= 15 is 0 Å². The molecule has 1 amide bonds. The molecule has 7 heteroatoms. The van der Waals surface area contributed by atoms with Gasteiger partial charge in [-0.25, -0.2) is 0 Å². The summed E-state index contributed by atoms with van der Waals surface area (Å²) >= 11 is 9.74. The summed E-state index contributed by atoms with van der Waals surface area (Å²) in [5, 5.41) is 12.7.